The molecule has 0 bridgehead atoms. The van der Waals surface area contributed by atoms with Crippen molar-refractivity contribution in [3.05, 3.63) is 47.3 Å². The summed E-state index contributed by atoms with van der Waals surface area (Å²) in [5.41, 5.74) is 3.45. The highest BCUT2D eigenvalue weighted by molar-refractivity contribution is 5.77. The van der Waals surface area contributed by atoms with Crippen LogP contribution in [0.15, 0.2) is 30.5 Å². The third-order valence-electron chi connectivity index (χ3n) is 3.27. The minimum absolute atomic E-state index is 0.0494. The highest BCUT2D eigenvalue weighted by atomic mass is 16.5. The van der Waals surface area contributed by atoms with Crippen LogP contribution in [-0.2, 0) is 11.2 Å². The maximum atomic E-state index is 11.7. The first kappa shape index (κ1) is 15.1. The Morgan fingerprint density at radius 2 is 2.05 bits per heavy atom. The number of aromatic nitrogens is 2. The molecule has 5 nitrogen and oxygen atoms in total. The molecule has 0 atom stereocenters. The summed E-state index contributed by atoms with van der Waals surface area (Å²) in [6.45, 7) is 4.70. The van der Waals surface area contributed by atoms with Crippen LogP contribution in [0.2, 0.25) is 0 Å². The molecule has 0 saturated carbocycles. The number of nitrogens with zero attached hydrogens (tertiary/aromatic N) is 1. The van der Waals surface area contributed by atoms with Gasteiger partial charge < -0.3 is 10.1 Å². The van der Waals surface area contributed by atoms with Crippen molar-refractivity contribution in [1.82, 2.24) is 15.5 Å². The van der Waals surface area contributed by atoms with Crippen LogP contribution in [0.3, 0.4) is 0 Å². The summed E-state index contributed by atoms with van der Waals surface area (Å²) in [6, 6.07) is 7.65. The van der Waals surface area contributed by atoms with Crippen molar-refractivity contribution >= 4 is 5.91 Å². The Balaban J connectivity index is 1.61. The fourth-order valence-electron chi connectivity index (χ4n) is 1.97. The molecular weight excluding hydrogens is 266 g/mol. The van der Waals surface area contributed by atoms with Gasteiger partial charge in [0.15, 0.2) is 6.61 Å². The Labute approximate surface area is 124 Å². The quantitative estimate of drug-likeness (QED) is 0.767. The van der Waals surface area contributed by atoms with Gasteiger partial charge in [-0.3, -0.25) is 9.89 Å². The number of rotatable bonds is 7. The molecule has 0 saturated heterocycles. The molecule has 2 aromatic rings. The lowest BCUT2D eigenvalue weighted by molar-refractivity contribution is -0.123. The molecule has 1 aromatic carbocycles. The first-order valence-corrected chi connectivity index (χ1v) is 7.10. The van der Waals surface area contributed by atoms with Gasteiger partial charge in [0, 0.05) is 12.2 Å². The number of ether oxygens (including phenoxy) is 1. The molecule has 0 unspecified atom stereocenters. The Morgan fingerprint density at radius 1 is 1.29 bits per heavy atom. The standard InChI is InChI=1S/C16H21N3O2/c1-12-5-7-15(8-6-12)21-11-16(20)17-9-3-4-14-10-18-19-13(14)2/h5-8,10H,3-4,9,11H2,1-2H3,(H,17,20)(H,18,19). The summed E-state index contributed by atoms with van der Waals surface area (Å²) in [4.78, 5) is 11.7. The smallest absolute Gasteiger partial charge is 0.257 e. The van der Waals surface area contributed by atoms with Gasteiger partial charge in [-0.25, -0.2) is 0 Å². The average molecular weight is 287 g/mol. The summed E-state index contributed by atoms with van der Waals surface area (Å²) in [7, 11) is 0. The van der Waals surface area contributed by atoms with Gasteiger partial charge in [-0.1, -0.05) is 17.7 Å². The molecular formula is C16H21N3O2. The molecule has 1 amide bonds. The van der Waals surface area contributed by atoms with Crippen molar-refractivity contribution in [1.29, 1.82) is 0 Å². The first-order valence-electron chi connectivity index (χ1n) is 7.10. The number of aromatic amines is 1. The number of hydrogen-bond acceptors (Lipinski definition) is 3. The van der Waals surface area contributed by atoms with E-state index in [1.54, 1.807) is 0 Å². The number of aryl methyl sites for hydroxylation is 3. The number of carbonyl (C=O) groups is 1. The molecule has 112 valence electrons. The third-order valence-corrected chi connectivity index (χ3v) is 3.27. The van der Waals surface area contributed by atoms with Crippen molar-refractivity contribution in [3.8, 4) is 5.75 Å². The molecule has 0 radical (unpaired) electrons. The van der Waals surface area contributed by atoms with Crippen LogP contribution >= 0.6 is 0 Å². The van der Waals surface area contributed by atoms with Gasteiger partial charge in [-0.05, 0) is 44.4 Å². The zero-order chi connectivity index (χ0) is 15.1. The molecule has 2 N–H and O–H groups in total. The molecule has 1 heterocycles. The fourth-order valence-corrected chi connectivity index (χ4v) is 1.97. The van der Waals surface area contributed by atoms with Crippen LogP contribution in [0.1, 0.15) is 23.2 Å². The van der Waals surface area contributed by atoms with Crippen molar-refractivity contribution in [2.24, 2.45) is 0 Å². The summed E-state index contributed by atoms with van der Waals surface area (Å²) in [6.07, 6.45) is 3.62. The monoisotopic (exact) mass is 287 g/mol. The van der Waals surface area contributed by atoms with Crippen molar-refractivity contribution in [3.63, 3.8) is 0 Å². The Kier molecular flexibility index (Phi) is 5.37. The van der Waals surface area contributed by atoms with Gasteiger partial charge in [-0.2, -0.15) is 5.10 Å². The summed E-state index contributed by atoms with van der Waals surface area (Å²) < 4.78 is 5.42. The lowest BCUT2D eigenvalue weighted by atomic mass is 10.1. The SMILES string of the molecule is Cc1ccc(OCC(=O)NCCCc2cn[nH]c2C)cc1. The normalized spacial score (nSPS) is 10.4. The Morgan fingerprint density at radius 3 is 2.71 bits per heavy atom. The Bertz CT molecular complexity index is 575. The van der Waals surface area contributed by atoms with E-state index in [0.29, 0.717) is 12.3 Å². The van der Waals surface area contributed by atoms with E-state index in [1.807, 2.05) is 44.3 Å². The lowest BCUT2D eigenvalue weighted by Gasteiger charge is -2.07. The largest absolute Gasteiger partial charge is 0.484 e. The fraction of sp³-hybridized carbons (Fsp3) is 0.375. The molecule has 21 heavy (non-hydrogen) atoms. The van der Waals surface area contributed by atoms with E-state index < -0.39 is 0 Å². The minimum Gasteiger partial charge on any atom is -0.484 e. The van der Waals surface area contributed by atoms with E-state index in [-0.39, 0.29) is 12.5 Å². The summed E-state index contributed by atoms with van der Waals surface area (Å²) in [5.74, 6) is 0.615. The van der Waals surface area contributed by atoms with Gasteiger partial charge >= 0.3 is 0 Å². The molecule has 0 aliphatic carbocycles. The second kappa shape index (κ2) is 7.47. The predicted molar refractivity (Wildman–Crippen MR) is 81.3 cm³/mol. The molecule has 1 aromatic heterocycles. The van der Waals surface area contributed by atoms with Gasteiger partial charge in [0.05, 0.1) is 6.20 Å². The van der Waals surface area contributed by atoms with Crippen LogP contribution in [0, 0.1) is 13.8 Å². The van der Waals surface area contributed by atoms with Crippen molar-refractivity contribution in [2.75, 3.05) is 13.2 Å². The molecule has 5 heteroatoms. The number of amides is 1. The van der Waals surface area contributed by atoms with Crippen molar-refractivity contribution in [2.45, 2.75) is 26.7 Å². The number of carbonyl (C=O) groups excluding carboxylic acids is 1. The zero-order valence-corrected chi connectivity index (χ0v) is 12.5. The first-order chi connectivity index (χ1) is 10.1. The topological polar surface area (TPSA) is 67.0 Å². The summed E-state index contributed by atoms with van der Waals surface area (Å²) >= 11 is 0. The number of benzene rings is 1. The van der Waals surface area contributed by atoms with Gasteiger partial charge in [0.25, 0.3) is 5.91 Å². The van der Waals surface area contributed by atoms with Crippen LogP contribution in [0.4, 0.5) is 0 Å². The third kappa shape index (κ3) is 4.95. The summed E-state index contributed by atoms with van der Waals surface area (Å²) in [5, 5.41) is 9.73. The van der Waals surface area contributed by atoms with E-state index in [0.717, 1.165) is 18.5 Å². The average Bonchev–Trinajstić information content (AvgIpc) is 2.88. The zero-order valence-electron chi connectivity index (χ0n) is 12.5. The van der Waals surface area contributed by atoms with Crippen LogP contribution < -0.4 is 10.1 Å². The molecule has 0 aliphatic rings. The number of H-pyrrole nitrogens is 1. The maximum absolute atomic E-state index is 11.7. The lowest BCUT2D eigenvalue weighted by Crippen LogP contribution is -2.29. The second-order valence-corrected chi connectivity index (χ2v) is 5.08. The molecule has 0 fully saturated rings. The number of nitrogens with one attached hydrogen (secondary N) is 2. The predicted octanol–water partition coefficient (Wildman–Crippen LogP) is 2.15. The highest BCUT2D eigenvalue weighted by Crippen LogP contribution is 2.11. The van der Waals surface area contributed by atoms with E-state index in [9.17, 15) is 4.79 Å². The molecule has 0 aliphatic heterocycles. The highest BCUT2D eigenvalue weighted by Gasteiger charge is 2.03. The van der Waals surface area contributed by atoms with Gasteiger partial charge in [0.1, 0.15) is 5.75 Å². The van der Waals surface area contributed by atoms with Crippen molar-refractivity contribution < 1.29 is 9.53 Å². The van der Waals surface area contributed by atoms with Gasteiger partial charge in [-0.15, -0.1) is 0 Å². The van der Waals surface area contributed by atoms with Crippen LogP contribution in [-0.4, -0.2) is 29.3 Å². The maximum Gasteiger partial charge on any atom is 0.257 e. The minimum atomic E-state index is -0.0977. The van der Waals surface area contributed by atoms with Crippen LogP contribution in [0.5, 0.6) is 5.75 Å². The molecule has 0 spiro atoms. The van der Waals surface area contributed by atoms with Crippen LogP contribution in [0.25, 0.3) is 0 Å². The van der Waals surface area contributed by atoms with Gasteiger partial charge in [0.2, 0.25) is 0 Å². The van der Waals surface area contributed by atoms with E-state index >= 15 is 0 Å². The van der Waals surface area contributed by atoms with E-state index in [1.165, 1.54) is 11.1 Å². The number of hydrogen-bond donors (Lipinski definition) is 2. The second-order valence-electron chi connectivity index (χ2n) is 5.08. The molecule has 2 rings (SSSR count). The van der Waals surface area contributed by atoms with E-state index in [4.69, 9.17) is 4.74 Å². The van der Waals surface area contributed by atoms with E-state index in [2.05, 4.69) is 15.5 Å². The Hall–Kier alpha value is -2.30.